The van der Waals surface area contributed by atoms with Crippen molar-refractivity contribution in [3.8, 4) is 17.1 Å². The first-order valence-corrected chi connectivity index (χ1v) is 13.1. The molecule has 4 heterocycles. The second-order valence-corrected chi connectivity index (χ2v) is 9.96. The predicted octanol–water partition coefficient (Wildman–Crippen LogP) is 3.87. The summed E-state index contributed by atoms with van der Waals surface area (Å²) in [5.41, 5.74) is 3.06. The highest BCUT2D eigenvalue weighted by atomic mass is 19.1. The number of hydrogen-bond acceptors (Lipinski definition) is 8. The van der Waals surface area contributed by atoms with Crippen LogP contribution in [0, 0.1) is 12.7 Å². The van der Waals surface area contributed by atoms with Crippen LogP contribution in [0.25, 0.3) is 22.2 Å². The summed E-state index contributed by atoms with van der Waals surface area (Å²) in [4.78, 5) is 8.65. The minimum Gasteiger partial charge on any atom is -0.472 e. The van der Waals surface area contributed by atoms with Crippen LogP contribution in [0.2, 0.25) is 0 Å². The van der Waals surface area contributed by atoms with Crippen LogP contribution < -0.4 is 10.1 Å². The maximum absolute atomic E-state index is 14.4. The molecule has 4 aromatic heterocycles. The Labute approximate surface area is 220 Å². The predicted molar refractivity (Wildman–Crippen MR) is 141 cm³/mol. The molecule has 0 saturated heterocycles. The number of nitrogens with one attached hydrogen (secondary N) is 1. The molecule has 0 radical (unpaired) electrons. The lowest BCUT2D eigenvalue weighted by Crippen LogP contribution is -2.27. The van der Waals surface area contributed by atoms with Gasteiger partial charge in [0.05, 0.1) is 36.5 Å². The second kappa shape index (κ2) is 11.0. The number of anilines is 1. The van der Waals surface area contributed by atoms with Gasteiger partial charge in [0, 0.05) is 42.2 Å². The van der Waals surface area contributed by atoms with Gasteiger partial charge < -0.3 is 20.3 Å². The van der Waals surface area contributed by atoms with Gasteiger partial charge >= 0.3 is 0 Å². The zero-order chi connectivity index (χ0) is 26.8. The lowest BCUT2D eigenvalue weighted by Gasteiger charge is -2.29. The summed E-state index contributed by atoms with van der Waals surface area (Å²) >= 11 is 0. The summed E-state index contributed by atoms with van der Waals surface area (Å²) in [6.45, 7) is 6.21. The Morgan fingerprint density at radius 2 is 1.97 bits per heavy atom. The zero-order valence-corrected chi connectivity index (χ0v) is 21.9. The molecule has 1 fully saturated rings. The molecule has 5 rings (SSSR count). The lowest BCUT2D eigenvalue weighted by atomic mass is 9.93. The molecule has 0 bridgehead atoms. The average molecular weight is 524 g/mol. The Morgan fingerprint density at radius 1 is 1.18 bits per heavy atom. The van der Waals surface area contributed by atoms with Crippen molar-refractivity contribution in [2.24, 2.45) is 0 Å². The summed E-state index contributed by atoms with van der Waals surface area (Å²) in [6, 6.07) is 3.80. The summed E-state index contributed by atoms with van der Waals surface area (Å²) in [7, 11) is 0. The van der Waals surface area contributed by atoms with Gasteiger partial charge in [0.1, 0.15) is 17.6 Å². The van der Waals surface area contributed by atoms with Gasteiger partial charge in [0.2, 0.25) is 0 Å². The molecular weight excluding hydrogens is 489 g/mol. The van der Waals surface area contributed by atoms with Crippen molar-refractivity contribution in [3.63, 3.8) is 0 Å². The number of ether oxygens (including phenoxy) is 1. The van der Waals surface area contributed by atoms with Crippen LogP contribution in [0.5, 0.6) is 5.88 Å². The third-order valence-electron chi connectivity index (χ3n) is 7.11. The Kier molecular flexibility index (Phi) is 7.57. The second-order valence-electron chi connectivity index (χ2n) is 9.96. The van der Waals surface area contributed by atoms with Gasteiger partial charge in [-0.25, -0.2) is 14.4 Å². The van der Waals surface area contributed by atoms with Crippen molar-refractivity contribution in [2.75, 3.05) is 11.9 Å². The Balaban J connectivity index is 1.40. The van der Waals surface area contributed by atoms with Crippen molar-refractivity contribution in [2.45, 2.75) is 77.4 Å². The molecule has 1 saturated carbocycles. The molecule has 0 aromatic carbocycles. The number of fused-ring (bicyclic) bond motifs is 1. The van der Waals surface area contributed by atoms with Crippen LogP contribution in [-0.2, 0) is 6.54 Å². The molecule has 202 valence electrons. The highest BCUT2D eigenvalue weighted by Crippen LogP contribution is 2.36. The van der Waals surface area contributed by atoms with Crippen LogP contribution in [0.4, 0.5) is 10.2 Å². The van der Waals surface area contributed by atoms with E-state index in [9.17, 15) is 14.6 Å². The molecule has 38 heavy (non-hydrogen) atoms. The molecule has 0 amide bonds. The molecule has 3 N–H and O–H groups in total. The fraction of sp³-hybridized carbons (Fsp3) is 0.481. The van der Waals surface area contributed by atoms with Gasteiger partial charge in [-0.05, 0) is 58.1 Å². The van der Waals surface area contributed by atoms with Crippen molar-refractivity contribution in [3.05, 3.63) is 48.3 Å². The quantitative estimate of drug-likeness (QED) is 0.302. The summed E-state index contributed by atoms with van der Waals surface area (Å²) in [6.07, 6.45) is 8.24. The monoisotopic (exact) mass is 523 g/mol. The van der Waals surface area contributed by atoms with E-state index in [-0.39, 0.29) is 24.6 Å². The molecule has 11 heteroatoms. The zero-order valence-electron chi connectivity index (χ0n) is 21.9. The minimum atomic E-state index is -0.915. The third kappa shape index (κ3) is 5.34. The van der Waals surface area contributed by atoms with Crippen LogP contribution in [0.1, 0.15) is 51.1 Å². The average Bonchev–Trinajstić information content (AvgIpc) is 3.52. The Hall–Kier alpha value is -3.57. The first kappa shape index (κ1) is 26.1. The van der Waals surface area contributed by atoms with Gasteiger partial charge in [-0.15, -0.1) is 0 Å². The Morgan fingerprint density at radius 3 is 2.71 bits per heavy atom. The van der Waals surface area contributed by atoms with E-state index >= 15 is 0 Å². The van der Waals surface area contributed by atoms with Gasteiger partial charge in [0.15, 0.2) is 5.82 Å². The maximum Gasteiger partial charge on any atom is 0.250 e. The molecular formula is C27H34FN7O3. The van der Waals surface area contributed by atoms with Gasteiger partial charge in [0.25, 0.3) is 5.88 Å². The molecule has 10 nitrogen and oxygen atoms in total. The largest absolute Gasteiger partial charge is 0.472 e. The maximum atomic E-state index is 14.4. The first-order chi connectivity index (χ1) is 18.3. The minimum absolute atomic E-state index is 0.0688. The molecule has 4 aromatic rings. The Bertz CT molecular complexity index is 1390. The number of aromatic nitrogens is 6. The fourth-order valence-corrected chi connectivity index (χ4v) is 4.89. The van der Waals surface area contributed by atoms with E-state index in [4.69, 9.17) is 9.84 Å². The van der Waals surface area contributed by atoms with Crippen molar-refractivity contribution < 1.29 is 19.3 Å². The summed E-state index contributed by atoms with van der Waals surface area (Å²) in [5.74, 6) is 0.447. The number of nitrogens with zero attached hydrogens (tertiary/aromatic N) is 6. The molecule has 0 aliphatic heterocycles. The highest BCUT2D eigenvalue weighted by molar-refractivity contribution is 5.93. The topological polar surface area (TPSA) is 123 Å². The van der Waals surface area contributed by atoms with E-state index in [1.165, 1.54) is 0 Å². The van der Waals surface area contributed by atoms with E-state index in [1.54, 1.807) is 37.0 Å². The number of halogens is 1. The van der Waals surface area contributed by atoms with Crippen LogP contribution in [0.15, 0.2) is 36.9 Å². The first-order valence-electron chi connectivity index (χ1n) is 13.1. The van der Waals surface area contributed by atoms with E-state index in [1.807, 2.05) is 25.4 Å². The van der Waals surface area contributed by atoms with E-state index in [0.717, 1.165) is 60.2 Å². The fourth-order valence-electron chi connectivity index (χ4n) is 4.89. The summed E-state index contributed by atoms with van der Waals surface area (Å²) in [5, 5.41) is 33.3. The standard InChI is InChI=1S/C27H34FN7O3/c1-4-29-24-11-22-21(13-31-24)26(18-12-32-34(14-18)15-23(37)17(3)36)33-35(22)19-5-7-20(8-6-19)38-27-25(28)16(2)9-10-30-27/h9-14,17,19-20,23,36-37H,4-8,15H2,1-3H3,(H,29,31)/t17-,19?,20?,23-/m0/s1. The highest BCUT2D eigenvalue weighted by Gasteiger charge is 2.28. The van der Waals surface area contributed by atoms with Crippen molar-refractivity contribution in [1.29, 1.82) is 0 Å². The normalized spacial score (nSPS) is 19.4. The molecule has 1 aliphatic rings. The third-order valence-corrected chi connectivity index (χ3v) is 7.11. The number of aryl methyl sites for hydroxylation is 1. The molecule has 0 unspecified atom stereocenters. The SMILES string of the molecule is CCNc1cc2c(cn1)c(-c1cnn(C[C@H](O)[C@H](C)O)c1)nn2C1CCC(Oc2nccc(C)c2F)CC1. The number of aliphatic hydroxyl groups excluding tert-OH is 2. The molecule has 1 aliphatic carbocycles. The van der Waals surface area contributed by atoms with E-state index in [2.05, 4.69) is 25.1 Å². The number of rotatable bonds is 9. The number of pyridine rings is 2. The van der Waals surface area contributed by atoms with Gasteiger partial charge in [-0.1, -0.05) is 0 Å². The van der Waals surface area contributed by atoms with E-state index in [0.29, 0.717) is 5.56 Å². The lowest BCUT2D eigenvalue weighted by molar-refractivity contribution is 0.0186. The number of aliphatic hydroxyl groups is 2. The van der Waals surface area contributed by atoms with Crippen LogP contribution in [0.3, 0.4) is 0 Å². The van der Waals surface area contributed by atoms with Crippen LogP contribution >= 0.6 is 0 Å². The van der Waals surface area contributed by atoms with Crippen molar-refractivity contribution in [1.82, 2.24) is 29.5 Å². The van der Waals surface area contributed by atoms with Gasteiger partial charge in [-0.2, -0.15) is 10.2 Å². The van der Waals surface area contributed by atoms with Gasteiger partial charge in [-0.3, -0.25) is 9.36 Å². The van der Waals surface area contributed by atoms with Crippen molar-refractivity contribution >= 4 is 16.7 Å². The molecule has 0 spiro atoms. The molecule has 2 atom stereocenters. The summed E-state index contributed by atoms with van der Waals surface area (Å²) < 4.78 is 24.0. The van der Waals surface area contributed by atoms with Crippen LogP contribution in [-0.4, -0.2) is 64.6 Å². The smallest absolute Gasteiger partial charge is 0.250 e. The number of hydrogen-bond donors (Lipinski definition) is 3. The van der Waals surface area contributed by atoms with E-state index < -0.39 is 18.0 Å².